The Morgan fingerprint density at radius 2 is 1.56 bits per heavy atom. The molecule has 0 unspecified atom stereocenters. The SMILES string of the molecule is CCOc1ccc(Oc2ccc(NC(=O)CCc3nc(-c4ccc(OC)c(OC)c4)no3)cc2)cc1. The Morgan fingerprint density at radius 3 is 2.22 bits per heavy atom. The van der Waals surface area contributed by atoms with Crippen molar-refractivity contribution < 1.29 is 28.3 Å². The van der Waals surface area contributed by atoms with Crippen molar-refractivity contribution in [3.05, 3.63) is 72.6 Å². The number of benzene rings is 3. The fraction of sp³-hybridized carbons (Fsp3) is 0.222. The van der Waals surface area contributed by atoms with E-state index in [1.165, 1.54) is 0 Å². The molecule has 0 aliphatic heterocycles. The van der Waals surface area contributed by atoms with E-state index in [0.29, 0.717) is 53.4 Å². The molecule has 36 heavy (non-hydrogen) atoms. The van der Waals surface area contributed by atoms with Crippen LogP contribution in [0.2, 0.25) is 0 Å². The maximum Gasteiger partial charge on any atom is 0.227 e. The first-order valence-corrected chi connectivity index (χ1v) is 11.4. The summed E-state index contributed by atoms with van der Waals surface area (Å²) in [5, 5.41) is 6.86. The van der Waals surface area contributed by atoms with Crippen molar-refractivity contribution in [3.8, 4) is 40.1 Å². The minimum absolute atomic E-state index is 0.166. The van der Waals surface area contributed by atoms with Crippen LogP contribution in [0, 0.1) is 0 Å². The van der Waals surface area contributed by atoms with Gasteiger partial charge < -0.3 is 28.8 Å². The van der Waals surface area contributed by atoms with Gasteiger partial charge in [0.1, 0.15) is 17.2 Å². The summed E-state index contributed by atoms with van der Waals surface area (Å²) in [5.74, 6) is 3.94. The van der Waals surface area contributed by atoms with Crippen LogP contribution in [0.4, 0.5) is 5.69 Å². The first-order chi connectivity index (χ1) is 17.6. The second kappa shape index (κ2) is 11.7. The van der Waals surface area contributed by atoms with Gasteiger partial charge in [0, 0.05) is 24.1 Å². The molecule has 0 saturated carbocycles. The average molecular weight is 490 g/mol. The van der Waals surface area contributed by atoms with Crippen LogP contribution < -0.4 is 24.3 Å². The van der Waals surface area contributed by atoms with E-state index < -0.39 is 0 Å². The number of hydrogen-bond donors (Lipinski definition) is 1. The third-order valence-corrected chi connectivity index (χ3v) is 5.18. The largest absolute Gasteiger partial charge is 0.494 e. The van der Waals surface area contributed by atoms with E-state index in [4.69, 9.17) is 23.5 Å². The highest BCUT2D eigenvalue weighted by Gasteiger charge is 2.13. The number of aromatic nitrogens is 2. The number of ether oxygens (including phenoxy) is 4. The summed E-state index contributed by atoms with van der Waals surface area (Å²) in [5.41, 5.74) is 1.38. The summed E-state index contributed by atoms with van der Waals surface area (Å²) in [6, 6.07) is 19.9. The van der Waals surface area contributed by atoms with E-state index in [9.17, 15) is 4.79 Å². The Hall–Kier alpha value is -4.53. The Morgan fingerprint density at radius 1 is 0.889 bits per heavy atom. The van der Waals surface area contributed by atoms with Gasteiger partial charge in [0.15, 0.2) is 11.5 Å². The molecule has 1 heterocycles. The molecule has 9 nitrogen and oxygen atoms in total. The molecule has 0 spiro atoms. The lowest BCUT2D eigenvalue weighted by atomic mass is 10.2. The highest BCUT2D eigenvalue weighted by Crippen LogP contribution is 2.31. The molecule has 0 aliphatic rings. The molecule has 1 aromatic heterocycles. The average Bonchev–Trinajstić information content (AvgIpc) is 3.39. The quantitative estimate of drug-likeness (QED) is 0.294. The lowest BCUT2D eigenvalue weighted by molar-refractivity contribution is -0.116. The van der Waals surface area contributed by atoms with Gasteiger partial charge in [-0.15, -0.1) is 0 Å². The summed E-state index contributed by atoms with van der Waals surface area (Å²) < 4.78 is 27.1. The Labute approximate surface area is 209 Å². The van der Waals surface area contributed by atoms with Crippen molar-refractivity contribution in [3.63, 3.8) is 0 Å². The van der Waals surface area contributed by atoms with E-state index in [-0.39, 0.29) is 12.3 Å². The molecule has 186 valence electrons. The predicted octanol–water partition coefficient (Wildman–Crippen LogP) is 5.52. The van der Waals surface area contributed by atoms with Gasteiger partial charge in [-0.25, -0.2) is 0 Å². The standard InChI is InChI=1S/C27H27N3O6/c1-4-34-20-10-12-22(13-11-20)35-21-8-6-19(7-9-21)28-25(31)15-16-26-29-27(30-36-26)18-5-14-23(32-2)24(17-18)33-3/h5-14,17H,4,15-16H2,1-3H3,(H,28,31). The van der Waals surface area contributed by atoms with E-state index in [1.807, 2.05) is 37.3 Å². The molecule has 1 N–H and O–H groups in total. The second-order valence-electron chi connectivity index (χ2n) is 7.66. The minimum Gasteiger partial charge on any atom is -0.494 e. The number of hydrogen-bond acceptors (Lipinski definition) is 8. The molecule has 0 aliphatic carbocycles. The summed E-state index contributed by atoms with van der Waals surface area (Å²) >= 11 is 0. The van der Waals surface area contributed by atoms with Gasteiger partial charge in [-0.1, -0.05) is 5.16 Å². The van der Waals surface area contributed by atoms with Crippen molar-refractivity contribution in [1.82, 2.24) is 10.1 Å². The predicted molar refractivity (Wildman–Crippen MR) is 134 cm³/mol. The normalized spacial score (nSPS) is 10.5. The number of carbonyl (C=O) groups is 1. The van der Waals surface area contributed by atoms with Crippen molar-refractivity contribution in [2.24, 2.45) is 0 Å². The Balaban J connectivity index is 1.28. The van der Waals surface area contributed by atoms with Gasteiger partial charge in [0.25, 0.3) is 0 Å². The van der Waals surface area contributed by atoms with E-state index in [2.05, 4.69) is 15.5 Å². The topological polar surface area (TPSA) is 105 Å². The summed E-state index contributed by atoms with van der Waals surface area (Å²) in [7, 11) is 3.13. The van der Waals surface area contributed by atoms with Crippen LogP contribution in [0.1, 0.15) is 19.2 Å². The molecule has 0 bridgehead atoms. The minimum atomic E-state index is -0.166. The van der Waals surface area contributed by atoms with Gasteiger partial charge in [-0.2, -0.15) is 4.98 Å². The molecule has 0 atom stereocenters. The van der Waals surface area contributed by atoms with Crippen LogP contribution in [-0.4, -0.2) is 36.9 Å². The number of methoxy groups -OCH3 is 2. The van der Waals surface area contributed by atoms with Gasteiger partial charge >= 0.3 is 0 Å². The molecule has 0 radical (unpaired) electrons. The molecule has 3 aromatic carbocycles. The maximum absolute atomic E-state index is 12.4. The zero-order chi connectivity index (χ0) is 25.3. The van der Waals surface area contributed by atoms with E-state index in [0.717, 1.165) is 11.3 Å². The highest BCUT2D eigenvalue weighted by atomic mass is 16.5. The number of rotatable bonds is 11. The number of anilines is 1. The van der Waals surface area contributed by atoms with E-state index >= 15 is 0 Å². The van der Waals surface area contributed by atoms with Crippen molar-refractivity contribution >= 4 is 11.6 Å². The number of nitrogens with zero attached hydrogens (tertiary/aromatic N) is 2. The van der Waals surface area contributed by atoms with Crippen molar-refractivity contribution in [2.45, 2.75) is 19.8 Å². The summed E-state index contributed by atoms with van der Waals surface area (Å²) in [6.07, 6.45) is 0.503. The lowest BCUT2D eigenvalue weighted by Gasteiger charge is -2.09. The Kier molecular flexibility index (Phi) is 8.02. The molecule has 1 amide bonds. The lowest BCUT2D eigenvalue weighted by Crippen LogP contribution is -2.12. The molecule has 4 aromatic rings. The van der Waals surface area contributed by atoms with Gasteiger partial charge in [0.05, 0.1) is 20.8 Å². The van der Waals surface area contributed by atoms with Crippen LogP contribution in [0.5, 0.6) is 28.7 Å². The first-order valence-electron chi connectivity index (χ1n) is 11.4. The van der Waals surface area contributed by atoms with Crippen molar-refractivity contribution in [1.29, 1.82) is 0 Å². The third kappa shape index (κ3) is 6.32. The molecular formula is C27H27N3O6. The fourth-order valence-electron chi connectivity index (χ4n) is 3.41. The zero-order valence-corrected chi connectivity index (χ0v) is 20.3. The van der Waals surface area contributed by atoms with Gasteiger partial charge in [-0.3, -0.25) is 4.79 Å². The summed E-state index contributed by atoms with van der Waals surface area (Å²) in [4.78, 5) is 16.8. The smallest absolute Gasteiger partial charge is 0.227 e. The van der Waals surface area contributed by atoms with Crippen LogP contribution in [-0.2, 0) is 11.2 Å². The third-order valence-electron chi connectivity index (χ3n) is 5.18. The molecule has 9 heteroatoms. The molecule has 0 fully saturated rings. The molecule has 0 saturated heterocycles. The molecule has 4 rings (SSSR count). The van der Waals surface area contributed by atoms with Crippen LogP contribution in [0.25, 0.3) is 11.4 Å². The monoisotopic (exact) mass is 489 g/mol. The van der Waals surface area contributed by atoms with Crippen LogP contribution in [0.15, 0.2) is 71.3 Å². The van der Waals surface area contributed by atoms with Gasteiger partial charge in [0.2, 0.25) is 17.6 Å². The second-order valence-corrected chi connectivity index (χ2v) is 7.66. The highest BCUT2D eigenvalue weighted by molar-refractivity contribution is 5.90. The number of aryl methyl sites for hydroxylation is 1. The fourth-order valence-corrected chi connectivity index (χ4v) is 3.41. The zero-order valence-electron chi connectivity index (χ0n) is 20.3. The maximum atomic E-state index is 12.4. The van der Waals surface area contributed by atoms with Crippen LogP contribution >= 0.6 is 0 Å². The Bertz CT molecular complexity index is 1290. The summed E-state index contributed by atoms with van der Waals surface area (Å²) in [6.45, 7) is 2.55. The van der Waals surface area contributed by atoms with Crippen molar-refractivity contribution in [2.75, 3.05) is 26.1 Å². The first kappa shape index (κ1) is 24.6. The number of carbonyl (C=O) groups excluding carboxylic acids is 1. The van der Waals surface area contributed by atoms with E-state index in [1.54, 1.807) is 50.6 Å². The van der Waals surface area contributed by atoms with Gasteiger partial charge in [-0.05, 0) is 73.7 Å². The number of amides is 1. The molecular weight excluding hydrogens is 462 g/mol. The van der Waals surface area contributed by atoms with Crippen LogP contribution in [0.3, 0.4) is 0 Å². The number of nitrogens with one attached hydrogen (secondary N) is 1.